The Kier molecular flexibility index (Phi) is 8.79. The van der Waals surface area contributed by atoms with E-state index in [4.69, 9.17) is 16.6 Å². The van der Waals surface area contributed by atoms with E-state index >= 15 is 0 Å². The minimum Gasteiger partial charge on any atom is -0.480 e. The number of nitrogens with two attached hydrogens (primary N) is 2. The zero-order valence-corrected chi connectivity index (χ0v) is 15.6. The molecular weight excluding hydrogens is 374 g/mol. The Hall–Kier alpha value is -2.73. The second kappa shape index (κ2) is 10.6. The number of amides is 4. The summed E-state index contributed by atoms with van der Waals surface area (Å²) < 4.78 is 0. The Morgan fingerprint density at radius 3 is 2.36 bits per heavy atom. The molecule has 0 aromatic rings. The van der Waals surface area contributed by atoms with Crippen LogP contribution >= 0.6 is 0 Å². The van der Waals surface area contributed by atoms with Gasteiger partial charge in [-0.25, -0.2) is 4.79 Å². The molecule has 28 heavy (non-hydrogen) atoms. The van der Waals surface area contributed by atoms with Gasteiger partial charge in [-0.3, -0.25) is 19.2 Å². The van der Waals surface area contributed by atoms with Crippen LogP contribution in [0.1, 0.15) is 32.6 Å². The van der Waals surface area contributed by atoms with Crippen LogP contribution in [0.25, 0.3) is 0 Å². The molecule has 0 bridgehead atoms. The minimum atomic E-state index is -1.34. The molecule has 4 atom stereocenters. The third kappa shape index (κ3) is 6.46. The van der Waals surface area contributed by atoms with Gasteiger partial charge in [-0.15, -0.1) is 0 Å². The first kappa shape index (κ1) is 23.3. The molecule has 8 N–H and O–H groups in total. The number of aliphatic hydroxyl groups is 1. The van der Waals surface area contributed by atoms with Gasteiger partial charge >= 0.3 is 5.97 Å². The summed E-state index contributed by atoms with van der Waals surface area (Å²) in [4.78, 5) is 59.7. The van der Waals surface area contributed by atoms with Crippen LogP contribution in [0, 0.1) is 0 Å². The Bertz CT molecular complexity index is 627. The van der Waals surface area contributed by atoms with Gasteiger partial charge in [0, 0.05) is 13.0 Å². The van der Waals surface area contributed by atoms with Crippen molar-refractivity contribution in [3.8, 4) is 0 Å². The molecule has 4 amide bonds. The van der Waals surface area contributed by atoms with E-state index < -0.39 is 60.4 Å². The number of nitrogens with one attached hydrogen (secondary N) is 2. The van der Waals surface area contributed by atoms with Crippen LogP contribution in [0.5, 0.6) is 0 Å². The minimum absolute atomic E-state index is 0.0127. The van der Waals surface area contributed by atoms with Crippen LogP contribution in [-0.2, 0) is 24.0 Å². The lowest BCUT2D eigenvalue weighted by Crippen LogP contribution is -2.57. The van der Waals surface area contributed by atoms with Crippen molar-refractivity contribution in [2.45, 2.75) is 56.8 Å². The second-order valence-electron chi connectivity index (χ2n) is 6.61. The number of rotatable bonds is 10. The van der Waals surface area contributed by atoms with Crippen molar-refractivity contribution in [3.05, 3.63) is 0 Å². The highest BCUT2D eigenvalue weighted by Crippen LogP contribution is 2.18. The van der Waals surface area contributed by atoms with Crippen LogP contribution in [0.4, 0.5) is 0 Å². The summed E-state index contributed by atoms with van der Waals surface area (Å²) in [7, 11) is 0. The first-order valence-corrected chi connectivity index (χ1v) is 8.87. The standard InChI is InChI=1S/C16H27N5O7/c1-8(19-14(25)9(17)4-5-12(18)23)13(24)20-10(7-22)15(26)21-6-2-3-11(21)16(27)28/h8-11,22H,2-7,17H2,1H3,(H2,18,23)(H,19,25)(H,20,24)(H,27,28). The van der Waals surface area contributed by atoms with Crippen molar-refractivity contribution >= 4 is 29.6 Å². The summed E-state index contributed by atoms with van der Waals surface area (Å²) in [6, 6.07) is -4.46. The maximum atomic E-state index is 12.5. The third-order valence-electron chi connectivity index (χ3n) is 4.41. The molecule has 0 radical (unpaired) electrons. The van der Waals surface area contributed by atoms with Gasteiger partial charge in [-0.05, 0) is 26.2 Å². The molecule has 12 nitrogen and oxygen atoms in total. The Labute approximate surface area is 161 Å². The van der Waals surface area contributed by atoms with Gasteiger partial charge in [-0.1, -0.05) is 0 Å². The number of hydrogen-bond acceptors (Lipinski definition) is 7. The van der Waals surface area contributed by atoms with E-state index in [0.29, 0.717) is 12.8 Å². The lowest BCUT2D eigenvalue weighted by molar-refractivity contribution is -0.150. The van der Waals surface area contributed by atoms with Gasteiger partial charge in [0.2, 0.25) is 23.6 Å². The van der Waals surface area contributed by atoms with Crippen molar-refractivity contribution in [2.75, 3.05) is 13.2 Å². The van der Waals surface area contributed by atoms with E-state index in [1.165, 1.54) is 6.92 Å². The number of carboxylic acids is 1. The summed E-state index contributed by atoms with van der Waals surface area (Å²) in [5.41, 5.74) is 10.6. The number of carboxylic acid groups (broad SMARTS) is 1. The first-order valence-electron chi connectivity index (χ1n) is 8.87. The van der Waals surface area contributed by atoms with Crippen molar-refractivity contribution in [1.29, 1.82) is 0 Å². The highest BCUT2D eigenvalue weighted by Gasteiger charge is 2.37. The lowest BCUT2D eigenvalue weighted by Gasteiger charge is -2.27. The van der Waals surface area contributed by atoms with E-state index in [-0.39, 0.29) is 19.4 Å². The summed E-state index contributed by atoms with van der Waals surface area (Å²) in [6.07, 6.45) is 0.725. The van der Waals surface area contributed by atoms with Gasteiger partial charge in [0.25, 0.3) is 0 Å². The van der Waals surface area contributed by atoms with Gasteiger partial charge in [0.15, 0.2) is 0 Å². The van der Waals surface area contributed by atoms with Crippen molar-refractivity contribution in [1.82, 2.24) is 15.5 Å². The molecule has 4 unspecified atom stereocenters. The summed E-state index contributed by atoms with van der Waals surface area (Å²) >= 11 is 0. The highest BCUT2D eigenvalue weighted by atomic mass is 16.4. The molecule has 1 aliphatic heterocycles. The van der Waals surface area contributed by atoms with Crippen LogP contribution in [-0.4, -0.2) is 82.0 Å². The number of hydrogen-bond donors (Lipinski definition) is 6. The molecule has 0 saturated carbocycles. The van der Waals surface area contributed by atoms with E-state index in [0.717, 1.165) is 4.90 Å². The monoisotopic (exact) mass is 401 g/mol. The number of primary amides is 1. The fraction of sp³-hybridized carbons (Fsp3) is 0.688. The normalized spacial score (nSPS) is 19.4. The summed E-state index contributed by atoms with van der Waals surface area (Å²) in [5.74, 6) is -3.91. The SMILES string of the molecule is CC(NC(=O)C(N)CCC(N)=O)C(=O)NC(CO)C(=O)N1CCCC1C(=O)O. The van der Waals surface area contributed by atoms with Gasteiger partial charge in [0.05, 0.1) is 12.6 Å². The van der Waals surface area contributed by atoms with Crippen molar-refractivity contribution in [3.63, 3.8) is 0 Å². The second-order valence-corrected chi connectivity index (χ2v) is 6.61. The molecule has 0 aromatic carbocycles. The number of carbonyl (C=O) groups excluding carboxylic acids is 4. The Morgan fingerprint density at radius 2 is 1.82 bits per heavy atom. The average Bonchev–Trinajstić information content (AvgIpc) is 3.13. The van der Waals surface area contributed by atoms with Crippen LogP contribution in [0.15, 0.2) is 0 Å². The topological polar surface area (TPSA) is 205 Å². The zero-order chi connectivity index (χ0) is 21.4. The molecule has 1 rings (SSSR count). The third-order valence-corrected chi connectivity index (χ3v) is 4.41. The fourth-order valence-corrected chi connectivity index (χ4v) is 2.78. The molecule has 1 heterocycles. The summed E-state index contributed by atoms with van der Waals surface area (Å²) in [6.45, 7) is 0.832. The average molecular weight is 401 g/mol. The van der Waals surface area contributed by atoms with E-state index in [2.05, 4.69) is 10.6 Å². The van der Waals surface area contributed by atoms with Gasteiger partial charge < -0.3 is 37.2 Å². The predicted molar refractivity (Wildman–Crippen MR) is 95.4 cm³/mol. The number of carbonyl (C=O) groups is 5. The number of aliphatic carboxylic acids is 1. The molecule has 12 heteroatoms. The van der Waals surface area contributed by atoms with Gasteiger partial charge in [-0.2, -0.15) is 0 Å². The van der Waals surface area contributed by atoms with E-state index in [1.54, 1.807) is 0 Å². The Balaban J connectivity index is 2.62. The summed E-state index contributed by atoms with van der Waals surface area (Å²) in [5, 5.41) is 23.2. The molecule has 158 valence electrons. The van der Waals surface area contributed by atoms with Crippen LogP contribution in [0.3, 0.4) is 0 Å². The maximum absolute atomic E-state index is 12.5. The molecular formula is C16H27N5O7. The van der Waals surface area contributed by atoms with E-state index in [9.17, 15) is 29.1 Å². The lowest BCUT2D eigenvalue weighted by atomic mass is 10.1. The highest BCUT2D eigenvalue weighted by molar-refractivity contribution is 5.94. The number of likely N-dealkylation sites (tertiary alicyclic amines) is 1. The quantitative estimate of drug-likeness (QED) is 0.217. The van der Waals surface area contributed by atoms with E-state index in [1.807, 2.05) is 0 Å². The number of aliphatic hydroxyl groups excluding tert-OH is 1. The first-order chi connectivity index (χ1) is 13.1. The van der Waals surface area contributed by atoms with Crippen molar-refractivity contribution in [2.24, 2.45) is 11.5 Å². The number of nitrogens with zero attached hydrogens (tertiary/aromatic N) is 1. The predicted octanol–water partition coefficient (Wildman–Crippen LogP) is -3.36. The smallest absolute Gasteiger partial charge is 0.326 e. The zero-order valence-electron chi connectivity index (χ0n) is 15.6. The largest absolute Gasteiger partial charge is 0.480 e. The molecule has 0 spiro atoms. The van der Waals surface area contributed by atoms with Crippen molar-refractivity contribution < 1.29 is 34.2 Å². The molecule has 1 aliphatic rings. The van der Waals surface area contributed by atoms with Crippen LogP contribution in [0.2, 0.25) is 0 Å². The van der Waals surface area contributed by atoms with Crippen LogP contribution < -0.4 is 22.1 Å². The fourth-order valence-electron chi connectivity index (χ4n) is 2.78. The molecule has 0 aromatic heterocycles. The Morgan fingerprint density at radius 1 is 1.18 bits per heavy atom. The molecule has 0 aliphatic carbocycles. The molecule has 1 saturated heterocycles. The molecule has 1 fully saturated rings. The maximum Gasteiger partial charge on any atom is 0.326 e. The van der Waals surface area contributed by atoms with Gasteiger partial charge in [0.1, 0.15) is 18.1 Å².